The van der Waals surface area contributed by atoms with Crippen molar-refractivity contribution in [3.05, 3.63) is 45.1 Å². The van der Waals surface area contributed by atoms with Gasteiger partial charge < -0.3 is 15.7 Å². The van der Waals surface area contributed by atoms with E-state index < -0.39 is 17.3 Å². The first-order valence-electron chi connectivity index (χ1n) is 9.99. The Bertz CT molecular complexity index is 1060. The highest BCUT2D eigenvalue weighted by Crippen LogP contribution is 2.45. The first kappa shape index (κ1) is 17.7. The monoisotopic (exact) mass is 385 g/mol. The van der Waals surface area contributed by atoms with Gasteiger partial charge in [-0.05, 0) is 67.6 Å². The van der Waals surface area contributed by atoms with Crippen LogP contribution in [0.1, 0.15) is 53.1 Å². The van der Waals surface area contributed by atoms with E-state index in [0.717, 1.165) is 44.3 Å². The molecule has 2 aliphatic carbocycles. The summed E-state index contributed by atoms with van der Waals surface area (Å²) in [6.45, 7) is 3.35. The lowest BCUT2D eigenvalue weighted by Gasteiger charge is -2.25. The number of carboxylic acids is 1. The minimum atomic E-state index is -1.27. The number of pyridine rings is 2. The Hall–Kier alpha value is -2.41. The van der Waals surface area contributed by atoms with E-state index in [2.05, 4.69) is 4.90 Å². The molecular formula is C21H24FN3O3. The fraction of sp³-hybridized carbons (Fsp3) is 0.524. The quantitative estimate of drug-likeness (QED) is 0.848. The van der Waals surface area contributed by atoms with Crippen LogP contribution in [0.5, 0.6) is 0 Å². The van der Waals surface area contributed by atoms with Crippen molar-refractivity contribution < 1.29 is 14.3 Å². The molecule has 1 aliphatic heterocycles. The van der Waals surface area contributed by atoms with Crippen molar-refractivity contribution in [2.75, 3.05) is 18.0 Å². The highest BCUT2D eigenvalue weighted by molar-refractivity contribution is 5.89. The topological polar surface area (TPSA) is 88.0 Å². The van der Waals surface area contributed by atoms with Gasteiger partial charge in [-0.15, -0.1) is 0 Å². The zero-order valence-electron chi connectivity index (χ0n) is 15.8. The van der Waals surface area contributed by atoms with Crippen LogP contribution in [0, 0.1) is 24.6 Å². The van der Waals surface area contributed by atoms with Gasteiger partial charge in [0.15, 0.2) is 5.82 Å². The third kappa shape index (κ3) is 2.49. The second-order valence-corrected chi connectivity index (χ2v) is 8.64. The van der Waals surface area contributed by atoms with Gasteiger partial charge in [-0.1, -0.05) is 0 Å². The molecule has 3 unspecified atom stereocenters. The van der Waals surface area contributed by atoms with Gasteiger partial charge in [0.05, 0.1) is 17.4 Å². The van der Waals surface area contributed by atoms with Crippen molar-refractivity contribution in [1.29, 1.82) is 0 Å². The average molecular weight is 385 g/mol. The fourth-order valence-electron chi connectivity index (χ4n) is 5.38. The average Bonchev–Trinajstić information content (AvgIpc) is 3.31. The van der Waals surface area contributed by atoms with Crippen molar-refractivity contribution in [3.63, 3.8) is 0 Å². The Morgan fingerprint density at radius 3 is 2.64 bits per heavy atom. The van der Waals surface area contributed by atoms with Gasteiger partial charge in [-0.2, -0.15) is 0 Å². The highest BCUT2D eigenvalue weighted by atomic mass is 19.1. The van der Waals surface area contributed by atoms with Crippen LogP contribution in [0.3, 0.4) is 0 Å². The first-order chi connectivity index (χ1) is 13.4. The lowest BCUT2D eigenvalue weighted by atomic mass is 9.98. The Labute approximate surface area is 161 Å². The molecule has 5 rings (SSSR count). The van der Waals surface area contributed by atoms with Crippen molar-refractivity contribution in [1.82, 2.24) is 4.40 Å². The number of carbonyl (C=O) groups is 1. The summed E-state index contributed by atoms with van der Waals surface area (Å²) in [7, 11) is 0. The minimum Gasteiger partial charge on any atom is -0.477 e. The summed E-state index contributed by atoms with van der Waals surface area (Å²) in [5, 5.41) is 9.41. The number of rotatable bonds is 3. The molecular weight excluding hydrogens is 361 g/mol. The fourth-order valence-corrected chi connectivity index (χ4v) is 5.38. The summed E-state index contributed by atoms with van der Waals surface area (Å²) in [4.78, 5) is 26.3. The van der Waals surface area contributed by atoms with Crippen LogP contribution < -0.4 is 16.2 Å². The molecule has 148 valence electrons. The number of fused-ring (bicyclic) bond motifs is 2. The van der Waals surface area contributed by atoms with Gasteiger partial charge in [0.2, 0.25) is 0 Å². The van der Waals surface area contributed by atoms with Crippen LogP contribution in [0.4, 0.5) is 10.1 Å². The predicted molar refractivity (Wildman–Crippen MR) is 104 cm³/mol. The van der Waals surface area contributed by atoms with Crippen LogP contribution in [-0.4, -0.2) is 34.6 Å². The number of carboxylic acid groups (broad SMARTS) is 1. The number of nitrogens with zero attached hydrogens (tertiary/aromatic N) is 2. The maximum atomic E-state index is 15.2. The van der Waals surface area contributed by atoms with Gasteiger partial charge >= 0.3 is 5.97 Å². The summed E-state index contributed by atoms with van der Waals surface area (Å²) in [6, 6.07) is 1.67. The molecule has 3 fully saturated rings. The summed E-state index contributed by atoms with van der Waals surface area (Å²) in [5.74, 6) is -0.647. The molecule has 3 atom stereocenters. The van der Waals surface area contributed by atoms with Gasteiger partial charge in [-0.3, -0.25) is 9.20 Å². The minimum absolute atomic E-state index is 0.168. The van der Waals surface area contributed by atoms with Crippen molar-refractivity contribution in [3.8, 4) is 0 Å². The molecule has 0 spiro atoms. The van der Waals surface area contributed by atoms with Crippen LogP contribution in [0.25, 0.3) is 5.52 Å². The summed E-state index contributed by atoms with van der Waals surface area (Å²) in [5.41, 5.74) is 8.01. The zero-order chi connectivity index (χ0) is 19.7. The molecule has 7 heteroatoms. The van der Waals surface area contributed by atoms with Gasteiger partial charge in [-0.25, -0.2) is 9.18 Å². The van der Waals surface area contributed by atoms with Crippen molar-refractivity contribution >= 4 is 17.2 Å². The molecule has 28 heavy (non-hydrogen) atoms. The number of aromatic carboxylic acids is 1. The van der Waals surface area contributed by atoms with E-state index in [9.17, 15) is 14.7 Å². The molecule has 0 amide bonds. The Morgan fingerprint density at radius 1 is 1.25 bits per heavy atom. The third-order valence-corrected chi connectivity index (χ3v) is 6.92. The molecule has 6 nitrogen and oxygen atoms in total. The van der Waals surface area contributed by atoms with Crippen LogP contribution in [0.2, 0.25) is 0 Å². The molecule has 0 radical (unpaired) electrons. The normalized spacial score (nSPS) is 26.8. The van der Waals surface area contributed by atoms with E-state index in [1.54, 1.807) is 0 Å². The third-order valence-electron chi connectivity index (χ3n) is 6.92. The second kappa shape index (κ2) is 6.04. The number of halogens is 1. The SMILES string of the molecule is Cc1c(N2CC3CCC(N)C3C2)c(F)cn2c(=O)c(C(=O)O)cc(C3CC3)c12. The second-order valence-electron chi connectivity index (χ2n) is 8.64. The van der Waals surface area contributed by atoms with E-state index in [-0.39, 0.29) is 17.5 Å². The molecule has 2 aromatic rings. The number of hydrogen-bond donors (Lipinski definition) is 2. The van der Waals surface area contributed by atoms with Crippen molar-refractivity contribution in [2.45, 2.75) is 44.6 Å². The zero-order valence-corrected chi connectivity index (χ0v) is 15.8. The van der Waals surface area contributed by atoms with Gasteiger partial charge in [0.1, 0.15) is 5.56 Å². The van der Waals surface area contributed by atoms with Crippen LogP contribution in [-0.2, 0) is 0 Å². The van der Waals surface area contributed by atoms with Crippen LogP contribution in [0.15, 0.2) is 17.1 Å². The summed E-state index contributed by atoms with van der Waals surface area (Å²) < 4.78 is 16.4. The van der Waals surface area contributed by atoms with Gasteiger partial charge in [0.25, 0.3) is 5.56 Å². The molecule has 3 heterocycles. The van der Waals surface area contributed by atoms with E-state index in [0.29, 0.717) is 28.6 Å². The maximum Gasteiger partial charge on any atom is 0.341 e. The summed E-state index contributed by atoms with van der Waals surface area (Å²) in [6.07, 6.45) is 5.20. The molecule has 1 saturated heterocycles. The Kier molecular flexibility index (Phi) is 3.81. The van der Waals surface area contributed by atoms with E-state index in [1.807, 2.05) is 6.92 Å². The van der Waals surface area contributed by atoms with Crippen molar-refractivity contribution in [2.24, 2.45) is 17.6 Å². The highest BCUT2D eigenvalue weighted by Gasteiger charge is 2.42. The molecule has 2 aromatic heterocycles. The molecule has 0 aromatic carbocycles. The lowest BCUT2D eigenvalue weighted by Crippen LogP contribution is -2.31. The number of anilines is 1. The smallest absolute Gasteiger partial charge is 0.341 e. The van der Waals surface area contributed by atoms with E-state index in [4.69, 9.17) is 5.73 Å². The number of aryl methyl sites for hydroxylation is 1. The predicted octanol–water partition coefficient (Wildman–Crippen LogP) is 2.50. The Morgan fingerprint density at radius 2 is 2.00 bits per heavy atom. The maximum absolute atomic E-state index is 15.2. The number of aromatic nitrogens is 1. The molecule has 0 bridgehead atoms. The van der Waals surface area contributed by atoms with Gasteiger partial charge in [0, 0.05) is 19.1 Å². The summed E-state index contributed by atoms with van der Waals surface area (Å²) >= 11 is 0. The van der Waals surface area contributed by atoms with Crippen LogP contribution >= 0.6 is 0 Å². The molecule has 2 saturated carbocycles. The standard InChI is InChI=1S/C21H24FN3O3/c1-10-18-13(11-2-3-11)6-14(21(27)28)20(26)25(18)9-16(22)19(10)24-7-12-4-5-17(23)15(12)8-24/h6,9,11-12,15,17H,2-5,7-8,23H2,1H3,(H,27,28). The Balaban J connectivity index is 1.70. The van der Waals surface area contributed by atoms with E-state index in [1.165, 1.54) is 16.7 Å². The number of nitrogens with two attached hydrogens (primary N) is 1. The first-order valence-corrected chi connectivity index (χ1v) is 9.99. The number of hydrogen-bond acceptors (Lipinski definition) is 4. The lowest BCUT2D eigenvalue weighted by molar-refractivity contribution is 0.0694. The molecule has 3 N–H and O–H groups in total. The largest absolute Gasteiger partial charge is 0.477 e. The van der Waals surface area contributed by atoms with E-state index >= 15 is 4.39 Å². The molecule has 3 aliphatic rings.